The Bertz CT molecular complexity index is 1170. The zero-order valence-corrected chi connectivity index (χ0v) is 21.6. The second-order valence-corrected chi connectivity index (χ2v) is 10.8. The average molecular weight is 501 g/mol. The Balaban J connectivity index is 1.39. The predicted octanol–water partition coefficient (Wildman–Crippen LogP) is 5.67. The molecule has 0 radical (unpaired) electrons. The standard InChI is InChI=1S/C24H29ClN6O2S/c1-15-21(34-16(2)27-15)20-19(25)14-26-22(29-20)28-17-6-8-18(9-7-17)30-10-12-31(13-11-30)23(32)33-24(3,4)5/h6-9,14H,10-13H2,1-5H3,(H,26,28,29). The molecule has 1 fully saturated rings. The van der Waals surface area contributed by atoms with Gasteiger partial charge >= 0.3 is 6.09 Å². The zero-order valence-electron chi connectivity index (χ0n) is 20.1. The summed E-state index contributed by atoms with van der Waals surface area (Å²) in [5.74, 6) is 0.476. The first-order chi connectivity index (χ1) is 16.1. The van der Waals surface area contributed by atoms with Gasteiger partial charge in [-0.3, -0.25) is 0 Å². The summed E-state index contributed by atoms with van der Waals surface area (Å²) in [7, 11) is 0. The number of benzene rings is 1. The van der Waals surface area contributed by atoms with Gasteiger partial charge in [-0.1, -0.05) is 11.6 Å². The highest BCUT2D eigenvalue weighted by Crippen LogP contribution is 2.34. The molecule has 8 nitrogen and oxygen atoms in total. The van der Waals surface area contributed by atoms with Gasteiger partial charge < -0.3 is 19.9 Å². The first-order valence-corrected chi connectivity index (χ1v) is 12.4. The van der Waals surface area contributed by atoms with E-state index in [2.05, 4.69) is 37.3 Å². The number of aromatic nitrogens is 3. The van der Waals surface area contributed by atoms with E-state index in [0.717, 1.165) is 40.0 Å². The molecule has 2 aromatic heterocycles. The van der Waals surface area contributed by atoms with E-state index in [4.69, 9.17) is 16.3 Å². The second kappa shape index (κ2) is 9.76. The van der Waals surface area contributed by atoms with Crippen molar-refractivity contribution in [3.8, 4) is 10.6 Å². The molecular formula is C24H29ClN6O2S. The maximum atomic E-state index is 12.3. The molecule has 1 aliphatic heterocycles. The van der Waals surface area contributed by atoms with Crippen molar-refractivity contribution >= 4 is 46.4 Å². The number of amides is 1. The van der Waals surface area contributed by atoms with E-state index in [0.29, 0.717) is 29.8 Å². The molecule has 3 aromatic rings. The number of halogens is 1. The number of thiazole rings is 1. The molecule has 0 aliphatic carbocycles. The number of hydrogen-bond donors (Lipinski definition) is 1. The predicted molar refractivity (Wildman–Crippen MR) is 137 cm³/mol. The van der Waals surface area contributed by atoms with E-state index < -0.39 is 5.60 Å². The van der Waals surface area contributed by atoms with Crippen molar-refractivity contribution in [2.24, 2.45) is 0 Å². The van der Waals surface area contributed by atoms with E-state index in [1.807, 2.05) is 46.8 Å². The van der Waals surface area contributed by atoms with Gasteiger partial charge in [-0.25, -0.2) is 19.7 Å². The number of carbonyl (C=O) groups excluding carboxylic acids is 1. The van der Waals surface area contributed by atoms with E-state index in [1.54, 1.807) is 22.4 Å². The van der Waals surface area contributed by atoms with Crippen molar-refractivity contribution in [1.29, 1.82) is 0 Å². The van der Waals surface area contributed by atoms with Crippen LogP contribution in [0.4, 0.5) is 22.1 Å². The van der Waals surface area contributed by atoms with Crippen LogP contribution in [0.5, 0.6) is 0 Å². The molecular weight excluding hydrogens is 472 g/mol. The monoisotopic (exact) mass is 500 g/mol. The SMILES string of the molecule is Cc1nc(C)c(-c2nc(Nc3ccc(N4CCN(C(=O)OC(C)(C)C)CC4)cc3)ncc2Cl)s1. The number of nitrogens with zero attached hydrogens (tertiary/aromatic N) is 5. The lowest BCUT2D eigenvalue weighted by Crippen LogP contribution is -2.50. The van der Waals surface area contributed by atoms with Crippen molar-refractivity contribution in [2.45, 2.75) is 40.2 Å². The molecule has 180 valence electrons. The molecule has 1 amide bonds. The lowest BCUT2D eigenvalue weighted by Gasteiger charge is -2.36. The first-order valence-electron chi connectivity index (χ1n) is 11.2. The highest BCUT2D eigenvalue weighted by molar-refractivity contribution is 7.15. The van der Waals surface area contributed by atoms with Crippen molar-refractivity contribution in [3.63, 3.8) is 0 Å². The Morgan fingerprint density at radius 2 is 1.76 bits per heavy atom. The molecule has 0 saturated carbocycles. The van der Waals surface area contributed by atoms with Crippen molar-refractivity contribution < 1.29 is 9.53 Å². The van der Waals surface area contributed by atoms with Gasteiger partial charge in [-0.05, 0) is 58.9 Å². The van der Waals surface area contributed by atoms with Gasteiger partial charge in [0.1, 0.15) is 11.3 Å². The minimum absolute atomic E-state index is 0.252. The first kappa shape index (κ1) is 24.2. The van der Waals surface area contributed by atoms with Crippen LogP contribution < -0.4 is 10.2 Å². The van der Waals surface area contributed by atoms with Gasteiger partial charge in [0.2, 0.25) is 5.95 Å². The van der Waals surface area contributed by atoms with Crippen LogP contribution in [0.3, 0.4) is 0 Å². The van der Waals surface area contributed by atoms with Crippen molar-refractivity contribution in [2.75, 3.05) is 36.4 Å². The quantitative estimate of drug-likeness (QED) is 0.494. The molecule has 34 heavy (non-hydrogen) atoms. The largest absolute Gasteiger partial charge is 0.444 e. The maximum Gasteiger partial charge on any atom is 0.410 e. The summed E-state index contributed by atoms with van der Waals surface area (Å²) in [4.78, 5) is 30.7. The molecule has 3 heterocycles. The molecule has 1 aromatic carbocycles. The number of hydrogen-bond acceptors (Lipinski definition) is 8. The van der Waals surface area contributed by atoms with Gasteiger partial charge in [-0.2, -0.15) is 0 Å². The summed E-state index contributed by atoms with van der Waals surface area (Å²) in [6.07, 6.45) is 1.36. The van der Waals surface area contributed by atoms with Crippen LogP contribution in [-0.2, 0) is 4.74 Å². The van der Waals surface area contributed by atoms with E-state index in [-0.39, 0.29) is 6.09 Å². The molecule has 0 atom stereocenters. The summed E-state index contributed by atoms with van der Waals surface area (Å²) >= 11 is 7.94. The van der Waals surface area contributed by atoms with Gasteiger partial charge in [0.05, 0.1) is 26.8 Å². The Morgan fingerprint density at radius 3 is 2.35 bits per heavy atom. The van der Waals surface area contributed by atoms with Crippen LogP contribution in [0, 0.1) is 13.8 Å². The lowest BCUT2D eigenvalue weighted by molar-refractivity contribution is 0.0240. The van der Waals surface area contributed by atoms with Crippen LogP contribution in [0.1, 0.15) is 31.5 Å². The van der Waals surface area contributed by atoms with Gasteiger partial charge in [0, 0.05) is 37.6 Å². The second-order valence-electron chi connectivity index (χ2n) is 9.16. The van der Waals surface area contributed by atoms with E-state index in [1.165, 1.54) is 0 Å². The van der Waals surface area contributed by atoms with Crippen LogP contribution in [0.2, 0.25) is 5.02 Å². The molecule has 10 heteroatoms. The number of ether oxygens (including phenoxy) is 1. The molecule has 1 saturated heterocycles. The molecule has 1 N–H and O–H groups in total. The van der Waals surface area contributed by atoms with E-state index in [9.17, 15) is 4.79 Å². The van der Waals surface area contributed by atoms with Crippen molar-refractivity contribution in [3.05, 3.63) is 46.2 Å². The van der Waals surface area contributed by atoms with Crippen LogP contribution in [0.25, 0.3) is 10.6 Å². The summed E-state index contributed by atoms with van der Waals surface area (Å²) in [5, 5.41) is 4.73. The topological polar surface area (TPSA) is 83.5 Å². The van der Waals surface area contributed by atoms with Crippen molar-refractivity contribution in [1.82, 2.24) is 19.9 Å². The highest BCUT2D eigenvalue weighted by atomic mass is 35.5. The lowest BCUT2D eigenvalue weighted by atomic mass is 10.2. The third kappa shape index (κ3) is 5.77. The summed E-state index contributed by atoms with van der Waals surface area (Å²) in [6, 6.07) is 8.10. The number of aryl methyl sites for hydroxylation is 2. The Labute approximate surface area is 209 Å². The smallest absolute Gasteiger partial charge is 0.410 e. The highest BCUT2D eigenvalue weighted by Gasteiger charge is 2.26. The van der Waals surface area contributed by atoms with Crippen LogP contribution >= 0.6 is 22.9 Å². The molecule has 1 aliphatic rings. The molecule has 0 unspecified atom stereocenters. The van der Waals surface area contributed by atoms with Crippen LogP contribution in [-0.4, -0.2) is 57.7 Å². The summed E-state index contributed by atoms with van der Waals surface area (Å²) < 4.78 is 5.48. The third-order valence-electron chi connectivity index (χ3n) is 5.28. The minimum Gasteiger partial charge on any atom is -0.444 e. The van der Waals surface area contributed by atoms with Crippen LogP contribution in [0.15, 0.2) is 30.5 Å². The minimum atomic E-state index is -0.482. The number of nitrogens with one attached hydrogen (secondary N) is 1. The zero-order chi connectivity index (χ0) is 24.5. The Hall–Kier alpha value is -2.91. The number of carbonyl (C=O) groups is 1. The normalized spacial score (nSPS) is 14.3. The van der Waals surface area contributed by atoms with E-state index >= 15 is 0 Å². The fraction of sp³-hybridized carbons (Fsp3) is 0.417. The Kier molecular flexibility index (Phi) is 6.95. The molecule has 4 rings (SSSR count). The Morgan fingerprint density at radius 1 is 1.09 bits per heavy atom. The summed E-state index contributed by atoms with van der Waals surface area (Å²) in [6.45, 7) is 12.3. The number of rotatable bonds is 4. The van der Waals surface area contributed by atoms with Gasteiger partial charge in [-0.15, -0.1) is 11.3 Å². The third-order valence-corrected chi connectivity index (χ3v) is 6.64. The molecule has 0 spiro atoms. The summed E-state index contributed by atoms with van der Waals surface area (Å²) in [5.41, 5.74) is 3.08. The average Bonchev–Trinajstić information content (AvgIpc) is 3.12. The van der Waals surface area contributed by atoms with Gasteiger partial charge in [0.25, 0.3) is 0 Å². The maximum absolute atomic E-state index is 12.3. The molecule has 0 bridgehead atoms. The number of anilines is 3. The number of piperazine rings is 1. The fourth-order valence-corrected chi connectivity index (χ4v) is 4.86. The van der Waals surface area contributed by atoms with Gasteiger partial charge in [0.15, 0.2) is 0 Å². The fourth-order valence-electron chi connectivity index (χ4n) is 3.70.